The zero-order chi connectivity index (χ0) is 21.0. The van der Waals surface area contributed by atoms with Crippen LogP contribution in [0.2, 0.25) is 0 Å². The van der Waals surface area contributed by atoms with Gasteiger partial charge < -0.3 is 14.9 Å². The van der Waals surface area contributed by atoms with Crippen LogP contribution in [-0.2, 0) is 25.5 Å². The fraction of sp³-hybridized carbons (Fsp3) is 0.471. The smallest absolute Gasteiger partial charge is 0.480 e. The molecule has 2 atom stereocenters. The molecule has 0 heterocycles. The lowest BCUT2D eigenvalue weighted by Crippen LogP contribution is -2.46. The van der Waals surface area contributed by atoms with Crippen LogP contribution >= 0.6 is 0 Å². The summed E-state index contributed by atoms with van der Waals surface area (Å²) in [5.74, 6) is -4.15. The number of hydrogen-bond donors (Lipinski definition) is 3. The molecule has 3 N–H and O–H groups in total. The van der Waals surface area contributed by atoms with Crippen molar-refractivity contribution in [2.45, 2.75) is 44.9 Å². The molecular formula is C17H22F3NO6. The molecule has 0 saturated carbocycles. The summed E-state index contributed by atoms with van der Waals surface area (Å²) in [4.78, 5) is 31.6. The van der Waals surface area contributed by atoms with Crippen LogP contribution in [0, 0.1) is 0 Å². The highest BCUT2D eigenvalue weighted by Crippen LogP contribution is 2.13. The number of nitrogens with one attached hydrogen (secondary N) is 1. The average molecular weight is 393 g/mol. The van der Waals surface area contributed by atoms with E-state index >= 15 is 0 Å². The highest BCUT2D eigenvalue weighted by atomic mass is 19.4. The fourth-order valence-corrected chi connectivity index (χ4v) is 1.84. The second-order valence-corrected chi connectivity index (χ2v) is 5.36. The first kappa shape index (κ1) is 24.4. The van der Waals surface area contributed by atoms with Crippen molar-refractivity contribution >= 4 is 17.9 Å². The number of carboxylic acid groups (broad SMARTS) is 2. The Morgan fingerprint density at radius 2 is 1.67 bits per heavy atom. The molecule has 0 bridgehead atoms. The molecule has 10 heteroatoms. The van der Waals surface area contributed by atoms with Gasteiger partial charge in [-0.3, -0.25) is 14.9 Å². The number of ether oxygens (including phenoxy) is 1. The van der Waals surface area contributed by atoms with Gasteiger partial charge in [0, 0.05) is 0 Å². The van der Waals surface area contributed by atoms with E-state index in [1.165, 1.54) is 6.92 Å². The van der Waals surface area contributed by atoms with Crippen molar-refractivity contribution in [2.75, 3.05) is 6.61 Å². The fourth-order valence-electron chi connectivity index (χ4n) is 1.84. The Labute approximate surface area is 154 Å². The van der Waals surface area contributed by atoms with E-state index in [1.807, 2.05) is 30.3 Å². The lowest BCUT2D eigenvalue weighted by Gasteiger charge is -2.19. The SMILES string of the molecule is CCOC(=O)[C@H](CCc1ccccc1)N[C@@H](C)C(=O)O.O=C(O)C(F)(F)F. The van der Waals surface area contributed by atoms with Gasteiger partial charge in [0.05, 0.1) is 6.61 Å². The van der Waals surface area contributed by atoms with Crippen molar-refractivity contribution in [1.29, 1.82) is 0 Å². The summed E-state index contributed by atoms with van der Waals surface area (Å²) in [7, 11) is 0. The molecule has 27 heavy (non-hydrogen) atoms. The van der Waals surface area contributed by atoms with Crippen LogP contribution in [0.25, 0.3) is 0 Å². The average Bonchev–Trinajstić information content (AvgIpc) is 2.59. The molecule has 0 aliphatic carbocycles. The molecular weight excluding hydrogens is 371 g/mol. The van der Waals surface area contributed by atoms with Crippen molar-refractivity contribution in [3.63, 3.8) is 0 Å². The molecule has 7 nitrogen and oxygen atoms in total. The number of carbonyl (C=O) groups is 3. The van der Waals surface area contributed by atoms with Crippen LogP contribution in [0.3, 0.4) is 0 Å². The Morgan fingerprint density at radius 1 is 1.15 bits per heavy atom. The van der Waals surface area contributed by atoms with Gasteiger partial charge in [-0.1, -0.05) is 30.3 Å². The predicted molar refractivity (Wildman–Crippen MR) is 89.1 cm³/mol. The first-order valence-electron chi connectivity index (χ1n) is 7.98. The zero-order valence-corrected chi connectivity index (χ0v) is 14.8. The maximum atomic E-state index is 11.8. The molecule has 0 saturated heterocycles. The Bertz CT molecular complexity index is 606. The Kier molecular flexibility index (Phi) is 10.7. The first-order valence-corrected chi connectivity index (χ1v) is 7.98. The van der Waals surface area contributed by atoms with E-state index in [1.54, 1.807) is 6.92 Å². The minimum absolute atomic E-state index is 0.282. The summed E-state index contributed by atoms with van der Waals surface area (Å²) in [6.45, 7) is 3.52. The number of rotatable bonds is 8. The van der Waals surface area contributed by atoms with Crippen LogP contribution in [-0.4, -0.2) is 53.0 Å². The molecule has 0 aliphatic heterocycles. The second kappa shape index (κ2) is 11.9. The van der Waals surface area contributed by atoms with Gasteiger partial charge in [0.15, 0.2) is 0 Å². The quantitative estimate of drug-likeness (QED) is 0.581. The van der Waals surface area contributed by atoms with Gasteiger partial charge in [-0.25, -0.2) is 4.79 Å². The van der Waals surface area contributed by atoms with Crippen LogP contribution in [0.1, 0.15) is 25.8 Å². The molecule has 1 aromatic rings. The number of benzene rings is 1. The highest BCUT2D eigenvalue weighted by molar-refractivity contribution is 5.78. The van der Waals surface area contributed by atoms with Crippen LogP contribution < -0.4 is 5.32 Å². The summed E-state index contributed by atoms with van der Waals surface area (Å²) in [6, 6.07) is 8.34. The monoisotopic (exact) mass is 393 g/mol. The third-order valence-corrected chi connectivity index (χ3v) is 3.20. The van der Waals surface area contributed by atoms with Crippen LogP contribution in [0.4, 0.5) is 13.2 Å². The minimum Gasteiger partial charge on any atom is -0.480 e. The third-order valence-electron chi connectivity index (χ3n) is 3.20. The summed E-state index contributed by atoms with van der Waals surface area (Å²) in [5, 5.41) is 18.8. The molecule has 1 aromatic carbocycles. The maximum Gasteiger partial charge on any atom is 0.490 e. The van der Waals surface area contributed by atoms with E-state index < -0.39 is 36.2 Å². The van der Waals surface area contributed by atoms with Gasteiger partial charge in [0.25, 0.3) is 0 Å². The molecule has 0 aliphatic rings. The van der Waals surface area contributed by atoms with Crippen molar-refractivity contribution in [3.8, 4) is 0 Å². The van der Waals surface area contributed by atoms with Crippen molar-refractivity contribution in [2.24, 2.45) is 0 Å². The van der Waals surface area contributed by atoms with E-state index in [0.717, 1.165) is 5.56 Å². The lowest BCUT2D eigenvalue weighted by atomic mass is 10.0. The maximum absolute atomic E-state index is 11.8. The molecule has 1 rings (SSSR count). The van der Waals surface area contributed by atoms with E-state index in [0.29, 0.717) is 12.8 Å². The highest BCUT2D eigenvalue weighted by Gasteiger charge is 2.38. The Balaban J connectivity index is 0.000000821. The molecule has 0 fully saturated rings. The Morgan fingerprint density at radius 3 is 2.07 bits per heavy atom. The number of aryl methyl sites for hydroxylation is 1. The van der Waals surface area contributed by atoms with Crippen molar-refractivity contribution in [1.82, 2.24) is 5.32 Å². The standard InChI is InChI=1S/C15H21NO4.C2HF3O2/c1-3-20-15(19)13(16-11(2)14(17)18)10-9-12-7-5-4-6-8-12;3-2(4,5)1(6)7/h4-8,11,13,16H,3,9-10H2,1-2H3,(H,17,18);(H,6,7)/t11-,13-;/m0./s1. The van der Waals surface area contributed by atoms with E-state index in [4.69, 9.17) is 19.7 Å². The summed E-state index contributed by atoms with van der Waals surface area (Å²) in [6.07, 6.45) is -3.90. The van der Waals surface area contributed by atoms with Gasteiger partial charge in [0.2, 0.25) is 0 Å². The number of aliphatic carboxylic acids is 2. The van der Waals surface area contributed by atoms with Crippen molar-refractivity contribution < 1.29 is 42.5 Å². The topological polar surface area (TPSA) is 113 Å². The molecule has 0 unspecified atom stereocenters. The predicted octanol–water partition coefficient (Wildman–Crippen LogP) is 2.25. The molecule has 0 radical (unpaired) electrons. The zero-order valence-electron chi connectivity index (χ0n) is 14.8. The number of esters is 1. The van der Waals surface area contributed by atoms with E-state index in [9.17, 15) is 22.8 Å². The summed E-state index contributed by atoms with van der Waals surface area (Å²) < 4.78 is 36.7. The largest absolute Gasteiger partial charge is 0.490 e. The summed E-state index contributed by atoms with van der Waals surface area (Å²) in [5.41, 5.74) is 1.10. The van der Waals surface area contributed by atoms with Crippen LogP contribution in [0.15, 0.2) is 30.3 Å². The number of halogens is 3. The van der Waals surface area contributed by atoms with Gasteiger partial charge in [0.1, 0.15) is 12.1 Å². The van der Waals surface area contributed by atoms with E-state index in [2.05, 4.69) is 5.32 Å². The van der Waals surface area contributed by atoms with Gasteiger partial charge in [-0.2, -0.15) is 13.2 Å². The molecule has 152 valence electrons. The second-order valence-electron chi connectivity index (χ2n) is 5.36. The van der Waals surface area contributed by atoms with E-state index in [-0.39, 0.29) is 6.61 Å². The Hall–Kier alpha value is -2.62. The van der Waals surface area contributed by atoms with Gasteiger partial charge >= 0.3 is 24.1 Å². The normalized spacial score (nSPS) is 12.9. The number of carbonyl (C=O) groups excluding carboxylic acids is 1. The molecule has 0 amide bonds. The lowest BCUT2D eigenvalue weighted by molar-refractivity contribution is -0.192. The molecule has 0 spiro atoms. The first-order chi connectivity index (χ1) is 12.5. The van der Waals surface area contributed by atoms with Gasteiger partial charge in [-0.05, 0) is 32.3 Å². The third kappa shape index (κ3) is 10.9. The van der Waals surface area contributed by atoms with Gasteiger partial charge in [-0.15, -0.1) is 0 Å². The number of alkyl halides is 3. The minimum atomic E-state index is -5.08. The number of hydrogen-bond acceptors (Lipinski definition) is 5. The van der Waals surface area contributed by atoms with Crippen LogP contribution in [0.5, 0.6) is 0 Å². The molecule has 0 aromatic heterocycles. The number of carboxylic acids is 2. The summed E-state index contributed by atoms with van der Waals surface area (Å²) >= 11 is 0. The van der Waals surface area contributed by atoms with Crippen molar-refractivity contribution in [3.05, 3.63) is 35.9 Å².